The van der Waals surface area contributed by atoms with Crippen LogP contribution in [0, 0.1) is 5.82 Å². The van der Waals surface area contributed by atoms with Gasteiger partial charge in [0.25, 0.3) is 5.91 Å². The van der Waals surface area contributed by atoms with Crippen LogP contribution in [0.2, 0.25) is 5.02 Å². The van der Waals surface area contributed by atoms with Crippen LogP contribution in [0.15, 0.2) is 65.6 Å². The number of benzene rings is 2. The molecule has 3 aromatic rings. The fourth-order valence-corrected chi connectivity index (χ4v) is 2.61. The van der Waals surface area contributed by atoms with E-state index < -0.39 is 11.7 Å². The quantitative estimate of drug-likeness (QED) is 0.747. The van der Waals surface area contributed by atoms with Crippen LogP contribution >= 0.6 is 11.6 Å². The number of H-pyrrole nitrogens is 1. The molecule has 0 bridgehead atoms. The number of rotatable bonds is 4. The van der Waals surface area contributed by atoms with Crippen molar-refractivity contribution in [1.29, 1.82) is 0 Å². The van der Waals surface area contributed by atoms with E-state index in [1.54, 1.807) is 6.20 Å². The molecule has 0 unspecified atom stereocenters. The summed E-state index contributed by atoms with van der Waals surface area (Å²) in [6.45, 7) is 0.279. The second-order valence-electron chi connectivity index (χ2n) is 5.42. The average Bonchev–Trinajstić information content (AvgIpc) is 2.62. The first-order valence-corrected chi connectivity index (χ1v) is 7.92. The molecule has 0 atom stereocenters. The van der Waals surface area contributed by atoms with Crippen LogP contribution in [-0.4, -0.2) is 10.9 Å². The molecule has 1 amide bonds. The molecule has 1 heterocycles. The Hall–Kier alpha value is -2.92. The molecular weight excluding hydrogens is 343 g/mol. The van der Waals surface area contributed by atoms with E-state index in [0.717, 1.165) is 16.7 Å². The smallest absolute Gasteiger partial charge is 0.253 e. The van der Waals surface area contributed by atoms with Crippen molar-refractivity contribution in [3.8, 4) is 11.1 Å². The van der Waals surface area contributed by atoms with Gasteiger partial charge in [-0.2, -0.15) is 0 Å². The van der Waals surface area contributed by atoms with Gasteiger partial charge in [0, 0.05) is 18.8 Å². The molecule has 0 saturated heterocycles. The van der Waals surface area contributed by atoms with Gasteiger partial charge in [-0.05, 0) is 34.9 Å². The standard InChI is InChI=1S/C19H14ClFN2O2/c20-18-15(2-1-3-16(18)21)19(25)23-11-12-4-6-13(7-5-12)14-8-9-22-17(24)10-14/h1-10H,11H2,(H,22,24)(H,23,25). The van der Waals surface area contributed by atoms with E-state index in [9.17, 15) is 14.0 Å². The van der Waals surface area contributed by atoms with Crippen molar-refractivity contribution in [1.82, 2.24) is 10.3 Å². The molecule has 0 aliphatic heterocycles. The fourth-order valence-electron chi connectivity index (χ4n) is 2.40. The Morgan fingerprint density at radius 2 is 1.84 bits per heavy atom. The van der Waals surface area contributed by atoms with Crippen LogP contribution in [0.3, 0.4) is 0 Å². The van der Waals surface area contributed by atoms with E-state index in [-0.39, 0.29) is 22.7 Å². The maximum atomic E-state index is 13.4. The van der Waals surface area contributed by atoms with Crippen molar-refractivity contribution in [3.05, 3.63) is 93.1 Å². The molecular formula is C19H14ClFN2O2. The van der Waals surface area contributed by atoms with Crippen LogP contribution in [-0.2, 0) is 6.54 Å². The number of aromatic amines is 1. The largest absolute Gasteiger partial charge is 0.348 e. The average molecular weight is 357 g/mol. The maximum absolute atomic E-state index is 13.4. The third-order valence-electron chi connectivity index (χ3n) is 3.71. The van der Waals surface area contributed by atoms with Gasteiger partial charge in [-0.1, -0.05) is 41.9 Å². The second-order valence-corrected chi connectivity index (χ2v) is 5.80. The highest BCUT2D eigenvalue weighted by atomic mass is 35.5. The highest BCUT2D eigenvalue weighted by Crippen LogP contribution is 2.20. The van der Waals surface area contributed by atoms with Gasteiger partial charge in [0.15, 0.2) is 0 Å². The zero-order valence-corrected chi connectivity index (χ0v) is 13.8. The number of nitrogens with one attached hydrogen (secondary N) is 2. The first kappa shape index (κ1) is 16.9. The van der Waals surface area contributed by atoms with E-state index in [1.165, 1.54) is 24.3 Å². The Kier molecular flexibility index (Phi) is 4.95. The zero-order valence-electron chi connectivity index (χ0n) is 13.1. The normalized spacial score (nSPS) is 10.5. The number of halogens is 2. The molecule has 4 nitrogen and oxygen atoms in total. The van der Waals surface area contributed by atoms with Gasteiger partial charge in [-0.15, -0.1) is 0 Å². The third kappa shape index (κ3) is 3.95. The summed E-state index contributed by atoms with van der Waals surface area (Å²) < 4.78 is 13.4. The van der Waals surface area contributed by atoms with E-state index >= 15 is 0 Å². The fraction of sp³-hybridized carbons (Fsp3) is 0.0526. The van der Waals surface area contributed by atoms with Crippen LogP contribution in [0.4, 0.5) is 4.39 Å². The molecule has 0 saturated carbocycles. The predicted molar refractivity (Wildman–Crippen MR) is 95.1 cm³/mol. The first-order valence-electron chi connectivity index (χ1n) is 7.55. The highest BCUT2D eigenvalue weighted by molar-refractivity contribution is 6.34. The van der Waals surface area contributed by atoms with Crippen LogP contribution in [0.25, 0.3) is 11.1 Å². The molecule has 2 aromatic carbocycles. The number of amides is 1. The van der Waals surface area contributed by atoms with Gasteiger partial charge in [-0.3, -0.25) is 9.59 Å². The molecule has 3 rings (SSSR count). The minimum absolute atomic E-state index is 0.0989. The Morgan fingerprint density at radius 1 is 1.08 bits per heavy atom. The van der Waals surface area contributed by atoms with Gasteiger partial charge in [0.05, 0.1) is 10.6 Å². The summed E-state index contributed by atoms with van der Waals surface area (Å²) >= 11 is 5.81. The van der Waals surface area contributed by atoms with Crippen LogP contribution < -0.4 is 10.9 Å². The van der Waals surface area contributed by atoms with Gasteiger partial charge in [0.1, 0.15) is 5.82 Å². The van der Waals surface area contributed by atoms with Crippen LogP contribution in [0.5, 0.6) is 0 Å². The molecule has 0 aliphatic rings. The zero-order chi connectivity index (χ0) is 17.8. The molecule has 0 radical (unpaired) electrons. The molecule has 0 fully saturated rings. The summed E-state index contributed by atoms with van der Waals surface area (Å²) in [4.78, 5) is 26.0. The van der Waals surface area contributed by atoms with Crippen molar-refractivity contribution in [3.63, 3.8) is 0 Å². The first-order chi connectivity index (χ1) is 12.0. The van der Waals surface area contributed by atoms with Crippen molar-refractivity contribution < 1.29 is 9.18 Å². The molecule has 0 aliphatic carbocycles. The van der Waals surface area contributed by atoms with Crippen molar-refractivity contribution >= 4 is 17.5 Å². The lowest BCUT2D eigenvalue weighted by molar-refractivity contribution is 0.0950. The predicted octanol–water partition coefficient (Wildman–Crippen LogP) is 3.76. The van der Waals surface area contributed by atoms with Crippen molar-refractivity contribution in [2.24, 2.45) is 0 Å². The summed E-state index contributed by atoms with van der Waals surface area (Å²) in [6.07, 6.45) is 1.59. The molecule has 6 heteroatoms. The van der Waals surface area contributed by atoms with Gasteiger partial charge >= 0.3 is 0 Å². The van der Waals surface area contributed by atoms with E-state index in [4.69, 9.17) is 11.6 Å². The Balaban J connectivity index is 1.69. The lowest BCUT2D eigenvalue weighted by Crippen LogP contribution is -2.23. The Bertz CT molecular complexity index is 968. The number of carbonyl (C=O) groups excluding carboxylic acids is 1. The number of hydrogen-bond acceptors (Lipinski definition) is 2. The summed E-state index contributed by atoms with van der Waals surface area (Å²) in [7, 11) is 0. The van der Waals surface area contributed by atoms with E-state index in [0.29, 0.717) is 0 Å². The minimum Gasteiger partial charge on any atom is -0.348 e. The number of pyridine rings is 1. The summed E-state index contributed by atoms with van der Waals surface area (Å²) in [6, 6.07) is 14.9. The molecule has 0 spiro atoms. The molecule has 1 aromatic heterocycles. The lowest BCUT2D eigenvalue weighted by Gasteiger charge is -2.08. The minimum atomic E-state index is -0.628. The maximum Gasteiger partial charge on any atom is 0.253 e. The molecule has 25 heavy (non-hydrogen) atoms. The third-order valence-corrected chi connectivity index (χ3v) is 4.10. The Labute approximate surface area is 148 Å². The van der Waals surface area contributed by atoms with E-state index in [1.807, 2.05) is 30.3 Å². The monoisotopic (exact) mass is 356 g/mol. The molecule has 126 valence electrons. The lowest BCUT2D eigenvalue weighted by atomic mass is 10.1. The molecule has 2 N–H and O–H groups in total. The number of aromatic nitrogens is 1. The SMILES string of the molecule is O=C(NCc1ccc(-c2cc[nH]c(=O)c2)cc1)c1cccc(F)c1Cl. The van der Waals surface area contributed by atoms with Gasteiger partial charge in [-0.25, -0.2) is 4.39 Å². The second kappa shape index (κ2) is 7.32. The van der Waals surface area contributed by atoms with Crippen LogP contribution in [0.1, 0.15) is 15.9 Å². The summed E-state index contributed by atoms with van der Waals surface area (Å²) in [5, 5.41) is 2.52. The summed E-state index contributed by atoms with van der Waals surface area (Å²) in [5.41, 5.74) is 2.51. The van der Waals surface area contributed by atoms with Crippen molar-refractivity contribution in [2.75, 3.05) is 0 Å². The summed E-state index contributed by atoms with van der Waals surface area (Å²) in [5.74, 6) is -1.07. The highest BCUT2D eigenvalue weighted by Gasteiger charge is 2.13. The number of carbonyl (C=O) groups is 1. The van der Waals surface area contributed by atoms with Crippen molar-refractivity contribution in [2.45, 2.75) is 6.54 Å². The van der Waals surface area contributed by atoms with Gasteiger partial charge < -0.3 is 10.3 Å². The van der Waals surface area contributed by atoms with E-state index in [2.05, 4.69) is 10.3 Å². The number of hydrogen-bond donors (Lipinski definition) is 2. The van der Waals surface area contributed by atoms with Gasteiger partial charge in [0.2, 0.25) is 5.56 Å². The Morgan fingerprint density at radius 3 is 2.56 bits per heavy atom. The topological polar surface area (TPSA) is 62.0 Å².